The smallest absolute Gasteiger partial charge is 0.0745 e. The zero-order valence-electron chi connectivity index (χ0n) is 28.2. The molecule has 52 heavy (non-hydrogen) atoms. The van der Waals surface area contributed by atoms with Crippen LogP contribution in [0.3, 0.4) is 0 Å². The van der Waals surface area contributed by atoms with Crippen LogP contribution in [0.25, 0.3) is 44.3 Å². The maximum atomic E-state index is 3.59. The molecule has 8 aromatic rings. The number of allylic oxidation sites excluding steroid dienone is 2. The maximum Gasteiger partial charge on any atom is 0.0745 e. The molecule has 3 aliphatic rings. The van der Waals surface area contributed by atoms with E-state index in [0.717, 1.165) is 6.54 Å². The molecule has 0 saturated heterocycles. The van der Waals surface area contributed by atoms with Crippen molar-refractivity contribution in [1.82, 2.24) is 9.88 Å². The molecule has 4 heterocycles. The molecule has 1 spiro atoms. The van der Waals surface area contributed by atoms with Crippen LogP contribution < -0.4 is 5.32 Å². The molecule has 7 aromatic carbocycles. The number of nitrogens with one attached hydrogen (secondary N) is 1. The van der Waals surface area contributed by atoms with Crippen LogP contribution >= 0.6 is 23.5 Å². The van der Waals surface area contributed by atoms with Gasteiger partial charge in [0.05, 0.1) is 16.4 Å². The van der Waals surface area contributed by atoms with Gasteiger partial charge in [-0.3, -0.25) is 0 Å². The van der Waals surface area contributed by atoms with Gasteiger partial charge in [0.15, 0.2) is 0 Å². The van der Waals surface area contributed by atoms with Crippen LogP contribution in [0.1, 0.15) is 27.8 Å². The van der Waals surface area contributed by atoms with E-state index >= 15 is 0 Å². The lowest BCUT2D eigenvalue weighted by molar-refractivity contribution is 0.667. The summed E-state index contributed by atoms with van der Waals surface area (Å²) in [4.78, 5) is 5.24. The monoisotopic (exact) mass is 700 g/mol. The molecule has 0 amide bonds. The highest BCUT2D eigenvalue weighted by Crippen LogP contribution is 2.62. The van der Waals surface area contributed by atoms with Gasteiger partial charge in [-0.05, 0) is 93.6 Å². The molecule has 0 unspecified atom stereocenters. The second kappa shape index (κ2) is 11.7. The first-order valence-electron chi connectivity index (χ1n) is 17.8. The van der Waals surface area contributed by atoms with E-state index in [1.54, 1.807) is 0 Å². The van der Waals surface area contributed by atoms with Crippen molar-refractivity contribution >= 4 is 51.0 Å². The average molecular weight is 701 g/mol. The van der Waals surface area contributed by atoms with Crippen molar-refractivity contribution < 1.29 is 0 Å². The summed E-state index contributed by atoms with van der Waals surface area (Å²) in [5, 5.41) is 6.13. The summed E-state index contributed by atoms with van der Waals surface area (Å²) in [5.74, 6) is 0. The summed E-state index contributed by atoms with van der Waals surface area (Å²) < 4.78 is 2.41. The first-order valence-corrected chi connectivity index (χ1v) is 19.4. The van der Waals surface area contributed by atoms with Gasteiger partial charge >= 0.3 is 0 Å². The largest absolute Gasteiger partial charge is 0.381 e. The third-order valence-corrected chi connectivity index (χ3v) is 13.2. The maximum absolute atomic E-state index is 3.59. The molecular weight excluding hydrogens is 669 g/mol. The van der Waals surface area contributed by atoms with Crippen molar-refractivity contribution in [2.24, 2.45) is 0 Å². The highest BCUT2D eigenvalue weighted by Gasteiger charge is 2.48. The van der Waals surface area contributed by atoms with Gasteiger partial charge in [0.1, 0.15) is 0 Å². The molecule has 1 N–H and O–H groups in total. The van der Waals surface area contributed by atoms with Crippen LogP contribution in [0.5, 0.6) is 0 Å². The lowest BCUT2D eigenvalue weighted by atomic mass is 9.64. The Bertz CT molecular complexity index is 2760. The minimum atomic E-state index is -0.441. The Labute approximate surface area is 311 Å². The zero-order valence-corrected chi connectivity index (χ0v) is 29.8. The predicted molar refractivity (Wildman–Crippen MR) is 218 cm³/mol. The third-order valence-electron chi connectivity index (χ3n) is 10.9. The van der Waals surface area contributed by atoms with Gasteiger partial charge in [-0.1, -0.05) is 145 Å². The van der Waals surface area contributed by atoms with Gasteiger partial charge < -0.3 is 9.88 Å². The van der Waals surface area contributed by atoms with E-state index in [9.17, 15) is 0 Å². The van der Waals surface area contributed by atoms with E-state index in [1.165, 1.54) is 91.7 Å². The number of hydrogen-bond acceptors (Lipinski definition) is 3. The van der Waals surface area contributed by atoms with Gasteiger partial charge in [-0.15, -0.1) is 0 Å². The van der Waals surface area contributed by atoms with E-state index in [1.807, 2.05) is 23.5 Å². The molecular formula is C48H32N2S2. The summed E-state index contributed by atoms with van der Waals surface area (Å²) in [6, 6.07) is 58.9. The van der Waals surface area contributed by atoms with Crippen molar-refractivity contribution in [1.29, 1.82) is 0 Å². The standard InChI is InChI=1S/C48H32N2S2/c1-2-12-34(13-3-1)50-42-18-7-4-14-35(42)36-24-21-31(28-43(36)50)32-22-25-39-46(29-32)52-47-30-33(41-17-10-11-27-49-41)23-26-40(47)48(39)37-15-5-8-19-44(37)51-45-20-9-6-16-38(45)48/h1-26,28-30,49H,27H2. The molecule has 4 heteroatoms. The van der Waals surface area contributed by atoms with Crippen LogP contribution in [-0.2, 0) is 5.41 Å². The summed E-state index contributed by atoms with van der Waals surface area (Å²) in [6.07, 6.45) is 6.50. The van der Waals surface area contributed by atoms with Crippen molar-refractivity contribution in [2.45, 2.75) is 25.0 Å². The quantitative estimate of drug-likeness (QED) is 0.198. The molecule has 11 rings (SSSR count). The molecule has 0 saturated carbocycles. The minimum absolute atomic E-state index is 0.441. The summed E-state index contributed by atoms with van der Waals surface area (Å²) in [7, 11) is 0. The fourth-order valence-corrected chi connectivity index (χ4v) is 11.1. The Morgan fingerprint density at radius 2 is 1.06 bits per heavy atom. The average Bonchev–Trinajstić information content (AvgIpc) is 3.54. The Balaban J connectivity index is 1.15. The zero-order chi connectivity index (χ0) is 34.2. The highest BCUT2D eigenvalue weighted by atomic mass is 32.2. The van der Waals surface area contributed by atoms with Gasteiger partial charge in [0.25, 0.3) is 0 Å². The Kier molecular flexibility index (Phi) is 6.73. The van der Waals surface area contributed by atoms with Crippen LogP contribution in [0, 0.1) is 0 Å². The number of dihydropyridines is 1. The number of hydrogen-bond donors (Lipinski definition) is 1. The summed E-state index contributed by atoms with van der Waals surface area (Å²) >= 11 is 3.80. The van der Waals surface area contributed by atoms with Crippen molar-refractivity contribution in [3.63, 3.8) is 0 Å². The first-order chi connectivity index (χ1) is 25.8. The molecule has 1 aromatic heterocycles. The fourth-order valence-electron chi connectivity index (χ4n) is 8.68. The molecule has 0 fully saturated rings. The van der Waals surface area contributed by atoms with E-state index in [0.29, 0.717) is 0 Å². The molecule has 0 bridgehead atoms. The lowest BCUT2D eigenvalue weighted by Gasteiger charge is -2.45. The van der Waals surface area contributed by atoms with E-state index < -0.39 is 5.41 Å². The normalized spacial score (nSPS) is 15.0. The van der Waals surface area contributed by atoms with Crippen molar-refractivity contribution in [2.75, 3.05) is 6.54 Å². The highest BCUT2D eigenvalue weighted by molar-refractivity contribution is 8.00. The van der Waals surface area contributed by atoms with Crippen molar-refractivity contribution in [3.8, 4) is 16.8 Å². The summed E-state index contributed by atoms with van der Waals surface area (Å²) in [5.41, 5.74) is 13.4. The second-order valence-corrected chi connectivity index (χ2v) is 15.8. The molecule has 0 radical (unpaired) electrons. The van der Waals surface area contributed by atoms with Crippen LogP contribution in [0.4, 0.5) is 0 Å². The minimum Gasteiger partial charge on any atom is -0.381 e. The summed E-state index contributed by atoms with van der Waals surface area (Å²) in [6.45, 7) is 0.845. The lowest BCUT2D eigenvalue weighted by Crippen LogP contribution is -2.36. The third kappa shape index (κ3) is 4.35. The van der Waals surface area contributed by atoms with E-state index in [2.05, 4.69) is 186 Å². The number of benzene rings is 7. The molecule has 0 aliphatic carbocycles. The Morgan fingerprint density at radius 1 is 0.481 bits per heavy atom. The second-order valence-electron chi connectivity index (χ2n) is 13.7. The van der Waals surface area contributed by atoms with Gasteiger partial charge in [-0.25, -0.2) is 0 Å². The van der Waals surface area contributed by atoms with Crippen LogP contribution in [0.2, 0.25) is 0 Å². The van der Waals surface area contributed by atoms with Gasteiger partial charge in [0, 0.05) is 48.3 Å². The predicted octanol–water partition coefficient (Wildman–Crippen LogP) is 12.3. The van der Waals surface area contributed by atoms with Gasteiger partial charge in [0.2, 0.25) is 0 Å². The van der Waals surface area contributed by atoms with Crippen LogP contribution in [0.15, 0.2) is 196 Å². The first kappa shape index (κ1) is 30.0. The SMILES string of the molecule is C1=CCNC(c2ccc3c(c2)Sc2cc(-c4ccc5c6ccccc6n(-c6ccccc6)c5c4)ccc2C32c3ccccc3Sc3ccccc32)=C1. The van der Waals surface area contributed by atoms with E-state index in [4.69, 9.17) is 0 Å². The van der Waals surface area contributed by atoms with E-state index in [-0.39, 0.29) is 0 Å². The number of nitrogens with zero attached hydrogens (tertiary/aromatic N) is 1. The topological polar surface area (TPSA) is 17.0 Å². The molecule has 3 aliphatic heterocycles. The number of fused-ring (bicyclic) bond motifs is 11. The number of rotatable bonds is 3. The van der Waals surface area contributed by atoms with Crippen LogP contribution in [-0.4, -0.2) is 11.1 Å². The number of para-hydroxylation sites is 2. The Hall–Kier alpha value is -5.68. The fraction of sp³-hybridized carbons (Fsp3) is 0.0417. The molecule has 0 atom stereocenters. The molecule has 2 nitrogen and oxygen atoms in total. The van der Waals surface area contributed by atoms with Crippen molar-refractivity contribution in [3.05, 3.63) is 204 Å². The number of aromatic nitrogens is 1. The molecule has 246 valence electrons. The van der Waals surface area contributed by atoms with Gasteiger partial charge in [-0.2, -0.15) is 0 Å². The Morgan fingerprint density at radius 3 is 1.81 bits per heavy atom.